The van der Waals surface area contributed by atoms with Crippen LogP contribution in [0.2, 0.25) is 0 Å². The van der Waals surface area contributed by atoms with Gasteiger partial charge in [0.2, 0.25) is 0 Å². The van der Waals surface area contributed by atoms with E-state index in [1.807, 2.05) is 76.8 Å². The van der Waals surface area contributed by atoms with Gasteiger partial charge in [0.1, 0.15) is 18.6 Å². The first-order chi connectivity index (χ1) is 18.1. The summed E-state index contributed by atoms with van der Waals surface area (Å²) in [5, 5.41) is 0. The van der Waals surface area contributed by atoms with Crippen LogP contribution in [0.4, 0.5) is 5.69 Å². The monoisotopic (exact) mass is 574 g/mol. The lowest BCUT2D eigenvalue weighted by Crippen LogP contribution is -2.42. The van der Waals surface area contributed by atoms with Crippen molar-refractivity contribution in [3.05, 3.63) is 52.2 Å². The van der Waals surface area contributed by atoms with E-state index in [1.165, 1.54) is 6.42 Å². The number of carbonyl (C=O) groups is 2. The molecule has 1 aromatic rings. The Labute approximate surface area is 236 Å². The minimum absolute atomic E-state index is 0.131. The van der Waals surface area contributed by atoms with E-state index in [4.69, 9.17) is 6.42 Å². The predicted molar refractivity (Wildman–Crippen MR) is 169 cm³/mol. The van der Waals surface area contributed by atoms with Gasteiger partial charge in [0.15, 0.2) is 0 Å². The Morgan fingerprint density at radius 2 is 1.70 bits per heavy atom. The fourth-order valence-corrected chi connectivity index (χ4v) is 3.49. The number of rotatable bonds is 10. The van der Waals surface area contributed by atoms with Crippen molar-refractivity contribution in [3.8, 4) is 12.3 Å². The van der Waals surface area contributed by atoms with Crippen LogP contribution in [0.15, 0.2) is 46.0 Å². The summed E-state index contributed by atoms with van der Waals surface area (Å²) in [4.78, 5) is 29.2. The largest absolute Gasteiger partial charge is 0.345 e. The number of anilines is 1. The molecule has 0 radical (unpaired) electrons. The van der Waals surface area contributed by atoms with E-state index < -0.39 is 6.04 Å². The van der Waals surface area contributed by atoms with Gasteiger partial charge in [-0.15, -0.1) is 6.42 Å². The fourth-order valence-electron chi connectivity index (χ4n) is 3.20. The Hall–Kier alpha value is -2.45. The quantitative estimate of drug-likeness (QED) is 0.159. The first kappa shape index (κ1) is 39.1. The molecule has 37 heavy (non-hydrogen) atoms. The normalized spacial score (nSPS) is 11.8. The van der Waals surface area contributed by atoms with Gasteiger partial charge in [-0.1, -0.05) is 112 Å². The highest BCUT2D eigenvalue weighted by molar-refractivity contribution is 9.11. The van der Waals surface area contributed by atoms with Crippen LogP contribution in [0.1, 0.15) is 110 Å². The second kappa shape index (κ2) is 28.1. The molecule has 1 atom stereocenters. The summed E-state index contributed by atoms with van der Waals surface area (Å²) in [7, 11) is 0. The summed E-state index contributed by atoms with van der Waals surface area (Å²) in [5.74, 6) is 2.80. The Morgan fingerprint density at radius 3 is 2.22 bits per heavy atom. The van der Waals surface area contributed by atoms with Gasteiger partial charge in [-0.05, 0) is 40.4 Å². The van der Waals surface area contributed by atoms with Crippen LogP contribution < -0.4 is 4.90 Å². The highest BCUT2D eigenvalue weighted by atomic mass is 79.9. The third-order valence-corrected chi connectivity index (χ3v) is 5.09. The lowest BCUT2D eigenvalue weighted by atomic mass is 9.99. The first-order valence-corrected chi connectivity index (χ1v) is 14.7. The third-order valence-electron chi connectivity index (χ3n) is 4.62. The molecule has 0 bridgehead atoms. The van der Waals surface area contributed by atoms with E-state index in [0.29, 0.717) is 12.0 Å². The molecule has 1 aliphatic rings. The van der Waals surface area contributed by atoms with Gasteiger partial charge in [0.05, 0.1) is 12.3 Å². The highest BCUT2D eigenvalue weighted by Crippen LogP contribution is 2.27. The highest BCUT2D eigenvalue weighted by Gasteiger charge is 2.24. The summed E-state index contributed by atoms with van der Waals surface area (Å²) >= 11 is 3.42. The maximum absolute atomic E-state index is 11.5. The van der Waals surface area contributed by atoms with Gasteiger partial charge in [-0.2, -0.15) is 0 Å². The van der Waals surface area contributed by atoms with Crippen molar-refractivity contribution in [2.24, 2.45) is 4.99 Å². The van der Waals surface area contributed by atoms with Crippen LogP contribution in [-0.2, 0) is 11.2 Å². The molecule has 1 aromatic carbocycles. The number of carbonyl (C=O) groups excluding carboxylic acids is 2. The van der Waals surface area contributed by atoms with Crippen molar-refractivity contribution in [1.82, 2.24) is 0 Å². The average molecular weight is 576 g/mol. The maximum Gasteiger partial charge on any atom is 0.150 e. The van der Waals surface area contributed by atoms with Crippen LogP contribution in [0.3, 0.4) is 0 Å². The number of allylic oxidation sites excluding steroid dienone is 3. The smallest absolute Gasteiger partial charge is 0.150 e. The maximum atomic E-state index is 11.5. The van der Waals surface area contributed by atoms with Crippen molar-refractivity contribution in [2.75, 3.05) is 11.4 Å². The van der Waals surface area contributed by atoms with Gasteiger partial charge >= 0.3 is 0 Å². The molecule has 0 saturated carbocycles. The average Bonchev–Trinajstić information content (AvgIpc) is 3.17. The number of hydrogen-bond donors (Lipinski definition) is 0. The Bertz CT molecular complexity index is 851. The summed E-state index contributed by atoms with van der Waals surface area (Å²) in [6.45, 7) is 18.5. The molecule has 0 fully saturated rings. The molecule has 0 spiro atoms. The molecule has 0 saturated heterocycles. The lowest BCUT2D eigenvalue weighted by Gasteiger charge is -2.31. The van der Waals surface area contributed by atoms with Crippen molar-refractivity contribution in [2.45, 2.75) is 107 Å². The summed E-state index contributed by atoms with van der Waals surface area (Å²) in [6.07, 6.45) is 19.2. The predicted octanol–water partition coefficient (Wildman–Crippen LogP) is 9.37. The van der Waals surface area contributed by atoms with E-state index in [9.17, 15) is 9.59 Å². The zero-order valence-electron chi connectivity index (χ0n) is 24.8. The lowest BCUT2D eigenvalue weighted by molar-refractivity contribution is -0.106. The minimum Gasteiger partial charge on any atom is -0.345 e. The number of aliphatic imine (C=N–C) groups is 1. The van der Waals surface area contributed by atoms with Gasteiger partial charge in [0, 0.05) is 28.4 Å². The van der Waals surface area contributed by atoms with Crippen molar-refractivity contribution in [1.29, 1.82) is 0 Å². The number of benzene rings is 1. The molecule has 1 heterocycles. The van der Waals surface area contributed by atoms with Crippen LogP contribution in [-0.4, -0.2) is 30.9 Å². The number of terminal acetylenes is 1. The van der Waals surface area contributed by atoms with E-state index in [0.717, 1.165) is 59.7 Å². The van der Waals surface area contributed by atoms with Crippen LogP contribution >= 0.6 is 15.9 Å². The second-order valence-corrected chi connectivity index (χ2v) is 8.22. The number of halogens is 1. The van der Waals surface area contributed by atoms with E-state index >= 15 is 0 Å². The third kappa shape index (κ3) is 16.1. The van der Waals surface area contributed by atoms with Crippen molar-refractivity contribution in [3.63, 3.8) is 0 Å². The first-order valence-electron chi connectivity index (χ1n) is 13.9. The zero-order valence-corrected chi connectivity index (χ0v) is 26.4. The number of aryl methyl sites for hydroxylation is 1. The zero-order chi connectivity index (χ0) is 29.1. The van der Waals surface area contributed by atoms with Crippen molar-refractivity contribution >= 4 is 39.9 Å². The van der Waals surface area contributed by atoms with E-state index in [-0.39, 0.29) is 6.54 Å². The molecular weight excluding hydrogens is 524 g/mol. The fraction of sp³-hybridized carbons (Fsp3) is 0.531. The van der Waals surface area contributed by atoms with E-state index in [2.05, 4.69) is 47.6 Å². The topological polar surface area (TPSA) is 49.7 Å². The number of aldehydes is 2. The Kier molecular flexibility index (Phi) is 29.7. The van der Waals surface area contributed by atoms with Crippen LogP contribution in [0.5, 0.6) is 0 Å². The van der Waals surface area contributed by atoms with Crippen LogP contribution in [0, 0.1) is 12.3 Å². The van der Waals surface area contributed by atoms with E-state index in [1.54, 1.807) is 6.20 Å². The molecule has 0 amide bonds. The van der Waals surface area contributed by atoms with Crippen LogP contribution in [0.25, 0.3) is 0 Å². The summed E-state index contributed by atoms with van der Waals surface area (Å²) < 4.78 is 0.864. The molecule has 208 valence electrons. The molecule has 0 aromatic heterocycles. The van der Waals surface area contributed by atoms with Gasteiger partial charge < -0.3 is 9.69 Å². The number of unbranched alkanes of at least 4 members (excludes halogenated alkanes) is 2. The minimum atomic E-state index is -0.476. The standard InChI is InChI=1S/C23H25BrN2O2.C3H8.3C2H6/c1-3-5-6-8-19-12-11-18(17-28)15-23(19)26(13-14-27)22(4-2)21-10-7-9-20(24)16-25-21;1-3-2;3*1-2/h2,7,9,11-12,14-17,22H,3,5-6,8,10,13H2,1H3;3H2,1-2H3;3*1-2H3. The summed E-state index contributed by atoms with van der Waals surface area (Å²) in [5.41, 5.74) is 3.26. The van der Waals surface area contributed by atoms with Gasteiger partial charge in [0.25, 0.3) is 0 Å². The Morgan fingerprint density at radius 1 is 1.08 bits per heavy atom. The molecule has 2 rings (SSSR count). The Balaban J connectivity index is -0.00000114. The summed E-state index contributed by atoms with van der Waals surface area (Å²) in [6, 6.07) is 5.12. The van der Waals surface area contributed by atoms with Gasteiger partial charge in [-0.3, -0.25) is 9.79 Å². The molecule has 4 nitrogen and oxygen atoms in total. The van der Waals surface area contributed by atoms with Crippen molar-refractivity contribution < 1.29 is 9.59 Å². The molecular formula is C32H51BrN2O2. The number of nitrogens with zero attached hydrogens (tertiary/aromatic N) is 2. The molecule has 5 heteroatoms. The molecule has 0 aliphatic carbocycles. The molecule has 1 unspecified atom stereocenters. The molecule has 1 aliphatic heterocycles. The second-order valence-electron chi connectivity index (χ2n) is 7.30. The number of hydrogen-bond acceptors (Lipinski definition) is 4. The molecule has 0 N–H and O–H groups in total. The van der Waals surface area contributed by atoms with Gasteiger partial charge in [-0.25, -0.2) is 0 Å². The SMILES string of the molecule is C#CC(C1=NC=C(Br)C=CC1)N(CC=O)c1cc(C=O)ccc1CCCCC.CC.CC.CC.CCC.